The molecule has 0 aliphatic heterocycles. The van der Waals surface area contributed by atoms with Crippen LogP contribution < -0.4 is 4.74 Å². The van der Waals surface area contributed by atoms with E-state index in [1.54, 1.807) is 0 Å². The fraction of sp³-hybridized carbons (Fsp3) is 0.400. The van der Waals surface area contributed by atoms with E-state index in [0.717, 1.165) is 11.3 Å². The van der Waals surface area contributed by atoms with Crippen molar-refractivity contribution in [3.63, 3.8) is 0 Å². The Hall–Kier alpha value is -0.740. The first-order valence-corrected chi connectivity index (χ1v) is 7.07. The molecular formula is C10H13ClO3S. The van der Waals surface area contributed by atoms with Crippen molar-refractivity contribution in [1.82, 2.24) is 0 Å². The summed E-state index contributed by atoms with van der Waals surface area (Å²) in [5, 5.41) is 0. The van der Waals surface area contributed by atoms with Crippen molar-refractivity contribution in [3.05, 3.63) is 29.8 Å². The predicted molar refractivity (Wildman–Crippen MR) is 60.9 cm³/mol. The van der Waals surface area contributed by atoms with E-state index in [4.69, 9.17) is 15.4 Å². The van der Waals surface area contributed by atoms with Gasteiger partial charge >= 0.3 is 0 Å². The van der Waals surface area contributed by atoms with Crippen molar-refractivity contribution in [3.8, 4) is 5.75 Å². The Labute approximate surface area is 94.4 Å². The highest BCUT2D eigenvalue weighted by atomic mass is 35.7. The summed E-state index contributed by atoms with van der Waals surface area (Å²) in [5.41, 5.74) is 1.11. The molecule has 0 bridgehead atoms. The summed E-state index contributed by atoms with van der Waals surface area (Å²) in [5.74, 6) is 0.697. The van der Waals surface area contributed by atoms with Crippen LogP contribution in [0.4, 0.5) is 0 Å². The summed E-state index contributed by atoms with van der Waals surface area (Å²) in [4.78, 5) is 0. The van der Waals surface area contributed by atoms with Crippen LogP contribution in [0.1, 0.15) is 12.0 Å². The van der Waals surface area contributed by atoms with E-state index in [1.165, 1.54) is 0 Å². The van der Waals surface area contributed by atoms with Gasteiger partial charge in [-0.3, -0.25) is 0 Å². The van der Waals surface area contributed by atoms with Gasteiger partial charge in [0.25, 0.3) is 0 Å². The zero-order chi connectivity index (χ0) is 11.3. The van der Waals surface area contributed by atoms with Crippen LogP contribution in [0.5, 0.6) is 5.75 Å². The summed E-state index contributed by atoms with van der Waals surface area (Å²) in [6, 6.07) is 7.59. The largest absolute Gasteiger partial charge is 0.494 e. The van der Waals surface area contributed by atoms with Crippen LogP contribution in [0.15, 0.2) is 24.3 Å². The average Bonchev–Trinajstić information content (AvgIpc) is 2.11. The van der Waals surface area contributed by atoms with Gasteiger partial charge in [0, 0.05) is 10.7 Å². The molecule has 15 heavy (non-hydrogen) atoms. The summed E-state index contributed by atoms with van der Waals surface area (Å²) < 4.78 is 26.6. The first kappa shape index (κ1) is 12.3. The zero-order valence-electron chi connectivity index (χ0n) is 8.44. The van der Waals surface area contributed by atoms with E-state index in [-0.39, 0.29) is 5.75 Å². The van der Waals surface area contributed by atoms with Gasteiger partial charge in [-0.2, -0.15) is 0 Å². The Morgan fingerprint density at radius 2 is 2.13 bits per heavy atom. The number of rotatable bonds is 5. The number of halogens is 1. The molecule has 0 atom stereocenters. The second-order valence-corrected chi connectivity index (χ2v) is 6.16. The summed E-state index contributed by atoms with van der Waals surface area (Å²) in [6.45, 7) is 2.32. The molecule has 0 amide bonds. The van der Waals surface area contributed by atoms with Crippen molar-refractivity contribution >= 4 is 19.7 Å². The molecule has 1 aromatic rings. The third-order valence-corrected chi connectivity index (χ3v) is 3.03. The first-order valence-electron chi connectivity index (χ1n) is 4.59. The van der Waals surface area contributed by atoms with Gasteiger partial charge in [-0.1, -0.05) is 12.1 Å². The van der Waals surface area contributed by atoms with Crippen LogP contribution in [-0.4, -0.2) is 20.8 Å². The maximum absolute atomic E-state index is 10.6. The number of aryl methyl sites for hydroxylation is 1. The van der Waals surface area contributed by atoms with Crippen molar-refractivity contribution in [2.75, 3.05) is 12.4 Å². The third kappa shape index (κ3) is 5.64. The fourth-order valence-electron chi connectivity index (χ4n) is 1.13. The minimum Gasteiger partial charge on any atom is -0.494 e. The van der Waals surface area contributed by atoms with E-state index in [0.29, 0.717) is 13.0 Å². The second kappa shape index (κ2) is 5.37. The number of benzene rings is 1. The predicted octanol–water partition coefficient (Wildman–Crippen LogP) is 2.33. The Morgan fingerprint density at radius 3 is 2.73 bits per heavy atom. The molecule has 84 valence electrons. The second-order valence-electron chi connectivity index (χ2n) is 3.26. The zero-order valence-corrected chi connectivity index (χ0v) is 10.0. The fourth-order valence-corrected chi connectivity index (χ4v) is 1.92. The van der Waals surface area contributed by atoms with E-state index >= 15 is 0 Å². The molecule has 0 aliphatic carbocycles. The highest BCUT2D eigenvalue weighted by Gasteiger charge is 2.04. The molecule has 0 aliphatic rings. The highest BCUT2D eigenvalue weighted by Crippen LogP contribution is 2.12. The van der Waals surface area contributed by atoms with E-state index in [1.807, 2.05) is 31.2 Å². The quantitative estimate of drug-likeness (QED) is 0.593. The molecule has 5 heteroatoms. The number of hydrogen-bond donors (Lipinski definition) is 0. The molecule has 3 nitrogen and oxygen atoms in total. The molecule has 0 radical (unpaired) electrons. The standard InChI is InChI=1S/C10H13ClO3S/c1-9-4-2-5-10(8-9)14-6-3-7-15(11,12)13/h2,4-5,8H,3,6-7H2,1H3. The van der Waals surface area contributed by atoms with Gasteiger partial charge in [-0.25, -0.2) is 8.42 Å². The van der Waals surface area contributed by atoms with Crippen LogP contribution >= 0.6 is 10.7 Å². The molecule has 0 aromatic heterocycles. The van der Waals surface area contributed by atoms with Gasteiger partial charge in [0.15, 0.2) is 0 Å². The van der Waals surface area contributed by atoms with Crippen LogP contribution in [0.2, 0.25) is 0 Å². The molecule has 0 spiro atoms. The SMILES string of the molecule is Cc1cccc(OCCCS(=O)(=O)Cl)c1. The van der Waals surface area contributed by atoms with Gasteiger partial charge in [0.2, 0.25) is 9.05 Å². The maximum Gasteiger partial charge on any atom is 0.232 e. The van der Waals surface area contributed by atoms with E-state index in [2.05, 4.69) is 0 Å². The summed E-state index contributed by atoms with van der Waals surface area (Å²) in [7, 11) is 1.66. The van der Waals surface area contributed by atoms with Crippen molar-refractivity contribution in [1.29, 1.82) is 0 Å². The van der Waals surface area contributed by atoms with Crippen LogP contribution in [0, 0.1) is 6.92 Å². The van der Waals surface area contributed by atoms with Crippen molar-refractivity contribution in [2.24, 2.45) is 0 Å². The molecular weight excluding hydrogens is 236 g/mol. The molecule has 0 heterocycles. The van der Waals surface area contributed by atoms with Gasteiger partial charge in [-0.05, 0) is 31.0 Å². The van der Waals surface area contributed by atoms with Gasteiger partial charge in [0.1, 0.15) is 5.75 Å². The minimum atomic E-state index is -3.39. The molecule has 1 rings (SSSR count). The third-order valence-electron chi connectivity index (χ3n) is 1.79. The maximum atomic E-state index is 10.6. The van der Waals surface area contributed by atoms with Gasteiger partial charge < -0.3 is 4.74 Å². The lowest BCUT2D eigenvalue weighted by Gasteiger charge is -2.05. The van der Waals surface area contributed by atoms with Crippen molar-refractivity contribution in [2.45, 2.75) is 13.3 Å². The Morgan fingerprint density at radius 1 is 1.40 bits per heavy atom. The summed E-state index contributed by atoms with van der Waals surface area (Å²) >= 11 is 0. The Bertz CT molecular complexity index is 414. The summed E-state index contributed by atoms with van der Waals surface area (Å²) in [6.07, 6.45) is 0.403. The average molecular weight is 249 g/mol. The topological polar surface area (TPSA) is 43.4 Å². The molecule has 0 saturated heterocycles. The molecule has 0 fully saturated rings. The normalized spacial score (nSPS) is 11.3. The molecule has 0 N–H and O–H groups in total. The monoisotopic (exact) mass is 248 g/mol. The minimum absolute atomic E-state index is 0.0552. The van der Waals surface area contributed by atoms with Crippen LogP contribution in [0.25, 0.3) is 0 Å². The molecule has 0 saturated carbocycles. The molecule has 1 aromatic carbocycles. The lowest BCUT2D eigenvalue weighted by Crippen LogP contribution is -2.04. The van der Waals surface area contributed by atoms with Crippen LogP contribution in [-0.2, 0) is 9.05 Å². The Balaban J connectivity index is 2.32. The van der Waals surface area contributed by atoms with Gasteiger partial charge in [0.05, 0.1) is 12.4 Å². The lowest BCUT2D eigenvalue weighted by atomic mass is 10.2. The van der Waals surface area contributed by atoms with E-state index < -0.39 is 9.05 Å². The van der Waals surface area contributed by atoms with E-state index in [9.17, 15) is 8.42 Å². The smallest absolute Gasteiger partial charge is 0.232 e. The van der Waals surface area contributed by atoms with Crippen molar-refractivity contribution < 1.29 is 13.2 Å². The number of ether oxygens (including phenoxy) is 1. The highest BCUT2D eigenvalue weighted by molar-refractivity contribution is 8.13. The van der Waals surface area contributed by atoms with Crippen LogP contribution in [0.3, 0.4) is 0 Å². The molecule has 0 unspecified atom stereocenters. The number of hydrogen-bond acceptors (Lipinski definition) is 3. The Kier molecular flexibility index (Phi) is 4.42. The lowest BCUT2D eigenvalue weighted by molar-refractivity contribution is 0.317. The van der Waals surface area contributed by atoms with Gasteiger partial charge in [-0.15, -0.1) is 0 Å². The first-order chi connectivity index (χ1) is 6.97.